The average molecular weight is 291 g/mol. The largest absolute Gasteiger partial charge is 0.387 e. The van der Waals surface area contributed by atoms with Gasteiger partial charge in [-0.05, 0) is 37.3 Å². The summed E-state index contributed by atoms with van der Waals surface area (Å²) < 4.78 is 14.8. The summed E-state index contributed by atoms with van der Waals surface area (Å²) in [6.45, 7) is 1.67. The molecule has 3 nitrogen and oxygen atoms in total. The van der Waals surface area contributed by atoms with Crippen LogP contribution in [-0.4, -0.2) is 14.5 Å². The maximum absolute atomic E-state index is 13.0. The first-order valence-corrected chi connectivity index (χ1v) is 6.55. The van der Waals surface area contributed by atoms with Gasteiger partial charge in [-0.2, -0.15) is 0 Å². The molecule has 102 valence electrons. The van der Waals surface area contributed by atoms with Gasteiger partial charge in [0.15, 0.2) is 0 Å². The van der Waals surface area contributed by atoms with Gasteiger partial charge < -0.3 is 9.51 Å². The van der Waals surface area contributed by atoms with Crippen LogP contribution < -0.4 is 0 Å². The van der Waals surface area contributed by atoms with Gasteiger partial charge in [0, 0.05) is 22.8 Å². The third-order valence-electron chi connectivity index (χ3n) is 3.14. The maximum atomic E-state index is 13.0. The van der Waals surface area contributed by atoms with E-state index in [1.165, 1.54) is 12.1 Å². The normalized spacial score (nSPS) is 12.8. The van der Waals surface area contributed by atoms with E-state index in [-0.39, 0.29) is 5.82 Å². The van der Waals surface area contributed by atoms with E-state index in [4.69, 9.17) is 11.6 Å². The van der Waals surface area contributed by atoms with Crippen molar-refractivity contribution in [3.63, 3.8) is 0 Å². The number of rotatable bonds is 2. The molecule has 0 saturated carbocycles. The lowest BCUT2D eigenvalue weighted by molar-refractivity contribution is 0.194. The van der Waals surface area contributed by atoms with Gasteiger partial charge >= 0.3 is 0 Å². The Morgan fingerprint density at radius 1 is 1.25 bits per heavy atom. The smallest absolute Gasteiger partial charge is 0.139 e. The van der Waals surface area contributed by atoms with Gasteiger partial charge in [-0.25, -0.2) is 9.37 Å². The number of imidazole rings is 1. The molecule has 0 aliphatic heterocycles. The van der Waals surface area contributed by atoms with E-state index in [1.807, 2.05) is 0 Å². The van der Waals surface area contributed by atoms with E-state index in [9.17, 15) is 9.50 Å². The zero-order valence-corrected chi connectivity index (χ0v) is 11.5. The highest BCUT2D eigenvalue weighted by molar-refractivity contribution is 6.30. The third-order valence-corrected chi connectivity index (χ3v) is 3.37. The van der Waals surface area contributed by atoms with E-state index in [0.717, 1.165) is 5.56 Å². The summed E-state index contributed by atoms with van der Waals surface area (Å²) >= 11 is 5.96. The standard InChI is InChI=1S/C15H12ClFN2O/c1-9(20)15-14(10-2-4-12(17)5-3-10)18-13-8-11(16)6-7-19(13)15/h2-9,20H,1H3. The lowest BCUT2D eigenvalue weighted by Crippen LogP contribution is -1.99. The van der Waals surface area contributed by atoms with Crippen molar-refractivity contribution >= 4 is 17.2 Å². The zero-order chi connectivity index (χ0) is 14.3. The molecule has 5 heteroatoms. The van der Waals surface area contributed by atoms with Crippen LogP contribution in [0, 0.1) is 5.82 Å². The van der Waals surface area contributed by atoms with E-state index >= 15 is 0 Å². The first kappa shape index (κ1) is 13.1. The summed E-state index contributed by atoms with van der Waals surface area (Å²) in [5.74, 6) is -0.306. The summed E-state index contributed by atoms with van der Waals surface area (Å²) in [5, 5.41) is 10.6. The van der Waals surface area contributed by atoms with Crippen molar-refractivity contribution < 1.29 is 9.50 Å². The van der Waals surface area contributed by atoms with Crippen LogP contribution in [0.25, 0.3) is 16.9 Å². The minimum Gasteiger partial charge on any atom is -0.387 e. The second kappa shape index (κ2) is 4.89. The molecule has 1 atom stereocenters. The Bertz CT molecular complexity index is 765. The van der Waals surface area contributed by atoms with Gasteiger partial charge in [0.05, 0.1) is 17.5 Å². The van der Waals surface area contributed by atoms with Gasteiger partial charge in [0.2, 0.25) is 0 Å². The summed E-state index contributed by atoms with van der Waals surface area (Å²) in [7, 11) is 0. The molecule has 3 aromatic rings. The van der Waals surface area contributed by atoms with Crippen molar-refractivity contribution in [3.8, 4) is 11.3 Å². The minimum absolute atomic E-state index is 0.306. The Balaban J connectivity index is 2.28. The number of aliphatic hydroxyl groups is 1. The van der Waals surface area contributed by atoms with E-state index < -0.39 is 6.10 Å². The van der Waals surface area contributed by atoms with Crippen LogP contribution in [-0.2, 0) is 0 Å². The quantitative estimate of drug-likeness (QED) is 0.778. The fourth-order valence-corrected chi connectivity index (χ4v) is 2.41. The molecule has 0 aliphatic rings. The molecule has 2 aromatic heterocycles. The lowest BCUT2D eigenvalue weighted by Gasteiger charge is -2.07. The van der Waals surface area contributed by atoms with Crippen molar-refractivity contribution in [2.24, 2.45) is 0 Å². The number of hydrogen-bond acceptors (Lipinski definition) is 2. The van der Waals surface area contributed by atoms with Crippen LogP contribution in [0.3, 0.4) is 0 Å². The second-order valence-electron chi connectivity index (χ2n) is 4.60. The number of benzene rings is 1. The summed E-state index contributed by atoms with van der Waals surface area (Å²) in [6.07, 6.45) is 1.06. The SMILES string of the molecule is CC(O)c1c(-c2ccc(F)cc2)nc2cc(Cl)ccn12. The fourth-order valence-electron chi connectivity index (χ4n) is 2.26. The molecule has 0 fully saturated rings. The Morgan fingerprint density at radius 2 is 1.95 bits per heavy atom. The Kier molecular flexibility index (Phi) is 3.20. The monoisotopic (exact) mass is 290 g/mol. The molecular formula is C15H12ClFN2O. The first-order chi connectivity index (χ1) is 9.56. The molecule has 1 aromatic carbocycles. The van der Waals surface area contributed by atoms with Crippen molar-refractivity contribution in [1.29, 1.82) is 0 Å². The number of aromatic nitrogens is 2. The van der Waals surface area contributed by atoms with Crippen LogP contribution in [0.2, 0.25) is 5.02 Å². The van der Waals surface area contributed by atoms with Gasteiger partial charge in [-0.3, -0.25) is 0 Å². The average Bonchev–Trinajstić information content (AvgIpc) is 2.77. The number of halogens is 2. The first-order valence-electron chi connectivity index (χ1n) is 6.18. The lowest BCUT2D eigenvalue weighted by atomic mass is 10.1. The van der Waals surface area contributed by atoms with Crippen molar-refractivity contribution in [1.82, 2.24) is 9.38 Å². The van der Waals surface area contributed by atoms with Gasteiger partial charge in [0.1, 0.15) is 11.5 Å². The van der Waals surface area contributed by atoms with Crippen LogP contribution in [0.4, 0.5) is 4.39 Å². The van der Waals surface area contributed by atoms with Crippen molar-refractivity contribution in [2.45, 2.75) is 13.0 Å². The molecule has 2 heterocycles. The van der Waals surface area contributed by atoms with E-state index in [0.29, 0.717) is 22.1 Å². The molecule has 0 aliphatic carbocycles. The van der Waals surface area contributed by atoms with Crippen molar-refractivity contribution in [3.05, 3.63) is 59.1 Å². The molecular weight excluding hydrogens is 279 g/mol. The van der Waals surface area contributed by atoms with E-state index in [1.54, 1.807) is 41.8 Å². The van der Waals surface area contributed by atoms with Gasteiger partial charge in [-0.1, -0.05) is 11.6 Å². The number of aliphatic hydroxyl groups excluding tert-OH is 1. The number of pyridine rings is 1. The summed E-state index contributed by atoms with van der Waals surface area (Å²) in [4.78, 5) is 4.49. The van der Waals surface area contributed by atoms with Crippen molar-refractivity contribution in [2.75, 3.05) is 0 Å². The zero-order valence-electron chi connectivity index (χ0n) is 10.7. The van der Waals surface area contributed by atoms with Crippen LogP contribution in [0.15, 0.2) is 42.6 Å². The Morgan fingerprint density at radius 3 is 2.60 bits per heavy atom. The maximum Gasteiger partial charge on any atom is 0.139 e. The Labute approximate surface area is 120 Å². The molecule has 3 rings (SSSR count). The van der Waals surface area contributed by atoms with Crippen LogP contribution in [0.5, 0.6) is 0 Å². The van der Waals surface area contributed by atoms with Gasteiger partial charge in [0.25, 0.3) is 0 Å². The van der Waals surface area contributed by atoms with Crippen LogP contribution >= 0.6 is 11.6 Å². The molecule has 20 heavy (non-hydrogen) atoms. The predicted molar refractivity (Wildman–Crippen MR) is 76.2 cm³/mol. The number of nitrogens with zero attached hydrogens (tertiary/aromatic N) is 2. The Hall–Kier alpha value is -1.91. The fraction of sp³-hybridized carbons (Fsp3) is 0.133. The molecule has 1 unspecified atom stereocenters. The van der Waals surface area contributed by atoms with Crippen LogP contribution in [0.1, 0.15) is 18.7 Å². The molecule has 1 N–H and O–H groups in total. The topological polar surface area (TPSA) is 37.5 Å². The second-order valence-corrected chi connectivity index (χ2v) is 5.04. The predicted octanol–water partition coefficient (Wildman–Crippen LogP) is 3.85. The minimum atomic E-state index is -0.703. The summed E-state index contributed by atoms with van der Waals surface area (Å²) in [5.41, 5.74) is 2.68. The highest BCUT2D eigenvalue weighted by atomic mass is 35.5. The van der Waals surface area contributed by atoms with Gasteiger partial charge in [-0.15, -0.1) is 0 Å². The highest BCUT2D eigenvalue weighted by Gasteiger charge is 2.18. The summed E-state index contributed by atoms with van der Waals surface area (Å²) in [6, 6.07) is 9.49. The molecule has 0 saturated heterocycles. The van der Waals surface area contributed by atoms with E-state index in [2.05, 4.69) is 4.98 Å². The third kappa shape index (κ3) is 2.17. The molecule has 0 bridgehead atoms. The molecule has 0 spiro atoms. The number of hydrogen-bond donors (Lipinski definition) is 1. The molecule has 0 amide bonds. The molecule has 0 radical (unpaired) electrons. The highest BCUT2D eigenvalue weighted by Crippen LogP contribution is 2.29. The number of fused-ring (bicyclic) bond motifs is 1.